The number of benzene rings is 3. The Kier molecular flexibility index (Phi) is 11.2. The van der Waals surface area contributed by atoms with Crippen molar-refractivity contribution >= 4 is 11.8 Å². The van der Waals surface area contributed by atoms with Crippen molar-refractivity contribution in [3.8, 4) is 45.0 Å². The molecule has 2 saturated heterocycles. The Morgan fingerprint density at radius 3 is 1.37 bits per heavy atom. The van der Waals surface area contributed by atoms with Gasteiger partial charge in [0.05, 0.1) is 46.5 Å². The summed E-state index contributed by atoms with van der Waals surface area (Å²) in [4.78, 5) is 16.2. The van der Waals surface area contributed by atoms with E-state index in [1.165, 1.54) is 4.90 Å². The minimum absolute atomic E-state index is 0.900. The Balaban J connectivity index is 0.997. The molecule has 0 bridgehead atoms. The quantitative estimate of drug-likeness (QED) is 0.149. The molecule has 0 atom stereocenters. The van der Waals surface area contributed by atoms with E-state index in [0.717, 1.165) is 135 Å². The third kappa shape index (κ3) is 8.80. The lowest BCUT2D eigenvalue weighted by atomic mass is 10.00. The number of nitrogens with zero attached hydrogens (tertiary/aromatic N) is 11. The van der Waals surface area contributed by atoms with Crippen molar-refractivity contribution in [1.29, 1.82) is 0 Å². The summed E-state index contributed by atoms with van der Waals surface area (Å²) >= 11 is 1.75. The Bertz CT molecular complexity index is 1980. The van der Waals surface area contributed by atoms with Crippen LogP contribution in [0.5, 0.6) is 0 Å². The summed E-state index contributed by atoms with van der Waals surface area (Å²) in [5.74, 6) is 0. The number of hydrogen-bond acceptors (Lipinski definition) is 10. The molecule has 2 fully saturated rings. The summed E-state index contributed by atoms with van der Waals surface area (Å²) in [6.45, 7) is 11.0. The van der Waals surface area contributed by atoms with E-state index in [-0.39, 0.29) is 0 Å². The zero-order valence-corrected chi connectivity index (χ0v) is 32.4. The van der Waals surface area contributed by atoms with Crippen LogP contribution in [0.1, 0.15) is 11.4 Å². The Morgan fingerprint density at radius 2 is 0.944 bits per heavy atom. The molecule has 0 amide bonds. The van der Waals surface area contributed by atoms with Gasteiger partial charge in [0.15, 0.2) is 0 Å². The van der Waals surface area contributed by atoms with Crippen LogP contribution >= 0.6 is 11.8 Å². The minimum atomic E-state index is 0.900. The molecule has 2 aliphatic rings. The topological polar surface area (TPSA) is 87.3 Å². The molecule has 12 heteroatoms. The summed E-state index contributed by atoms with van der Waals surface area (Å²) in [5, 5.41) is 17.9. The largest absolute Gasteiger partial charge is 0.304 e. The first-order chi connectivity index (χ1) is 26.5. The fraction of sp³-hybridized carbons (Fsp3) is 0.357. The van der Waals surface area contributed by atoms with Crippen LogP contribution in [0, 0.1) is 0 Å². The Labute approximate surface area is 322 Å². The molecule has 8 rings (SSSR count). The summed E-state index contributed by atoms with van der Waals surface area (Å²) in [5.41, 5.74) is 10.2. The monoisotopic (exact) mass is 739 g/mol. The normalized spacial score (nSPS) is 16.3. The molecule has 5 heterocycles. The van der Waals surface area contributed by atoms with Gasteiger partial charge in [0.2, 0.25) is 0 Å². The number of hydrogen-bond donors (Lipinski definition) is 0. The second-order valence-electron chi connectivity index (χ2n) is 14.5. The zero-order valence-electron chi connectivity index (χ0n) is 31.6. The third-order valence-corrected chi connectivity index (χ3v) is 11.5. The van der Waals surface area contributed by atoms with Crippen molar-refractivity contribution in [2.75, 3.05) is 85.8 Å². The highest BCUT2D eigenvalue weighted by Gasteiger charge is 2.16. The predicted octanol–water partition coefficient (Wildman–Crippen LogP) is 5.55. The summed E-state index contributed by atoms with van der Waals surface area (Å²) in [7, 11) is 4.38. The van der Waals surface area contributed by atoms with Crippen LogP contribution in [0.4, 0.5) is 0 Å². The van der Waals surface area contributed by atoms with E-state index < -0.39 is 0 Å². The number of likely N-dealkylation sites (N-methyl/N-ethyl adjacent to an activating group) is 2. The molecule has 0 saturated carbocycles. The van der Waals surface area contributed by atoms with Gasteiger partial charge in [-0.25, -0.2) is 14.3 Å². The van der Waals surface area contributed by atoms with E-state index in [4.69, 9.17) is 4.98 Å². The van der Waals surface area contributed by atoms with Crippen molar-refractivity contribution in [2.45, 2.75) is 17.7 Å². The molecule has 278 valence electrons. The van der Waals surface area contributed by atoms with Gasteiger partial charge < -0.3 is 19.6 Å². The molecule has 6 aromatic rings. The van der Waals surface area contributed by atoms with Gasteiger partial charge in [0, 0.05) is 94.3 Å². The van der Waals surface area contributed by atoms with Gasteiger partial charge in [-0.1, -0.05) is 46.8 Å². The number of thioether (sulfide) groups is 1. The molecular formula is C42H49N11S. The van der Waals surface area contributed by atoms with Crippen molar-refractivity contribution in [3.05, 3.63) is 109 Å². The first kappa shape index (κ1) is 36.3. The van der Waals surface area contributed by atoms with Crippen LogP contribution < -0.4 is 0 Å². The zero-order chi connectivity index (χ0) is 36.9. The van der Waals surface area contributed by atoms with Gasteiger partial charge in [-0.15, -0.1) is 22.0 Å². The minimum Gasteiger partial charge on any atom is -0.304 e. The molecular weight excluding hydrogens is 691 g/mol. The molecule has 0 spiro atoms. The lowest BCUT2D eigenvalue weighted by molar-refractivity contribution is 0.155. The van der Waals surface area contributed by atoms with Gasteiger partial charge in [-0.2, -0.15) is 0 Å². The predicted molar refractivity (Wildman–Crippen MR) is 217 cm³/mol. The van der Waals surface area contributed by atoms with Gasteiger partial charge in [0.1, 0.15) is 0 Å². The highest BCUT2D eigenvalue weighted by Crippen LogP contribution is 2.32. The van der Waals surface area contributed by atoms with Gasteiger partial charge >= 0.3 is 0 Å². The Hall–Kier alpha value is -4.72. The van der Waals surface area contributed by atoms with Crippen molar-refractivity contribution in [1.82, 2.24) is 54.6 Å². The maximum Gasteiger partial charge on any atom is 0.0844 e. The van der Waals surface area contributed by atoms with Crippen molar-refractivity contribution < 1.29 is 0 Å². The van der Waals surface area contributed by atoms with Crippen LogP contribution in [-0.2, 0) is 12.8 Å². The standard InChI is InChI=1S/C42H49N11S/c1-48-20-24-50(25-21-48)18-16-36-30-52(46-44-36)38-10-4-33(5-11-38)41-28-35(32-8-14-40(54-3)15-9-32)29-42(43-41)34-6-12-39(13-7-34)53-31-37(45-47-53)17-19-51-26-22-49(2)23-27-51/h4-15,28-31H,16-27H2,1-3H3. The fourth-order valence-corrected chi connectivity index (χ4v) is 7.52. The highest BCUT2D eigenvalue weighted by molar-refractivity contribution is 7.98. The van der Waals surface area contributed by atoms with E-state index in [1.807, 2.05) is 9.36 Å². The average Bonchev–Trinajstić information content (AvgIpc) is 3.91. The van der Waals surface area contributed by atoms with Gasteiger partial charge in [-0.3, -0.25) is 0 Å². The first-order valence-corrected chi connectivity index (χ1v) is 20.2. The summed E-state index contributed by atoms with van der Waals surface area (Å²) in [6, 6.07) is 30.0. The maximum atomic E-state index is 5.20. The lowest BCUT2D eigenvalue weighted by Gasteiger charge is -2.32. The van der Waals surface area contributed by atoms with Crippen LogP contribution in [0.15, 0.2) is 102 Å². The molecule has 0 radical (unpaired) electrons. The lowest BCUT2D eigenvalue weighted by Crippen LogP contribution is -2.45. The van der Waals surface area contributed by atoms with Crippen LogP contribution in [0.2, 0.25) is 0 Å². The van der Waals surface area contributed by atoms with E-state index in [0.29, 0.717) is 0 Å². The second kappa shape index (κ2) is 16.7. The summed E-state index contributed by atoms with van der Waals surface area (Å²) < 4.78 is 3.75. The molecule has 54 heavy (non-hydrogen) atoms. The fourth-order valence-electron chi connectivity index (χ4n) is 7.11. The van der Waals surface area contributed by atoms with Crippen molar-refractivity contribution in [3.63, 3.8) is 0 Å². The SMILES string of the molecule is CSc1ccc(-c2cc(-c3ccc(-n4cc(CCN5CCN(C)CC5)nn4)cc3)nc(-c3ccc(-n4cc(CCN5CCN(C)CC5)nn4)cc3)c2)cc1. The van der Waals surface area contributed by atoms with E-state index in [1.54, 1.807) is 11.8 Å². The van der Waals surface area contributed by atoms with Gasteiger partial charge in [0.25, 0.3) is 0 Å². The van der Waals surface area contributed by atoms with Crippen LogP contribution in [0.25, 0.3) is 45.0 Å². The molecule has 3 aromatic carbocycles. The highest BCUT2D eigenvalue weighted by atomic mass is 32.2. The number of rotatable bonds is 12. The molecule has 3 aromatic heterocycles. The third-order valence-electron chi connectivity index (χ3n) is 10.7. The average molecular weight is 740 g/mol. The number of aromatic nitrogens is 7. The van der Waals surface area contributed by atoms with Crippen molar-refractivity contribution in [2.24, 2.45) is 0 Å². The number of pyridine rings is 1. The molecule has 0 aliphatic carbocycles. The van der Waals surface area contributed by atoms with E-state index in [9.17, 15) is 0 Å². The Morgan fingerprint density at radius 1 is 0.519 bits per heavy atom. The molecule has 0 N–H and O–H groups in total. The maximum absolute atomic E-state index is 5.20. The first-order valence-electron chi connectivity index (χ1n) is 19.0. The molecule has 11 nitrogen and oxygen atoms in total. The second-order valence-corrected chi connectivity index (χ2v) is 15.4. The van der Waals surface area contributed by atoms with Crippen LogP contribution in [0.3, 0.4) is 0 Å². The smallest absolute Gasteiger partial charge is 0.0844 e. The van der Waals surface area contributed by atoms with Gasteiger partial charge in [-0.05, 0) is 80.0 Å². The molecule has 2 aliphatic heterocycles. The van der Waals surface area contributed by atoms with E-state index >= 15 is 0 Å². The summed E-state index contributed by atoms with van der Waals surface area (Å²) in [6.07, 6.45) is 8.01. The van der Waals surface area contributed by atoms with E-state index in [2.05, 4.69) is 158 Å². The number of piperazine rings is 2. The molecule has 0 unspecified atom stereocenters. The van der Waals surface area contributed by atoms with Crippen LogP contribution in [-0.4, -0.2) is 140 Å².